The van der Waals surface area contributed by atoms with Gasteiger partial charge in [0.1, 0.15) is 11.4 Å². The minimum Gasteiger partial charge on any atom is -0.455 e. The number of hydrogen-bond donors (Lipinski definition) is 1. The third kappa shape index (κ3) is 6.66. The standard InChI is InChI=1S/C43H45N5O4S/c1-42(2,3)52-40(51)38-31(30-11-14-37(49)48(23-30)25-43-20-26-17-27(21-43)19-28(18-26)22-43)12-13-36(45-38)47-16-15-29-7-6-8-32(33(29)24-47)39(50)46-41-44-34-9-4-5-10-35(34)53-41/h4-14,23,26-28H,15-22,24-25H2,1-3H3,(H,44,46,50). The molecule has 0 spiro atoms. The molecule has 4 saturated carbocycles. The number of nitrogens with one attached hydrogen (secondary N) is 1. The Hall–Kier alpha value is -4.83. The first-order chi connectivity index (χ1) is 25.5. The fourth-order valence-corrected chi connectivity index (χ4v) is 10.9. The van der Waals surface area contributed by atoms with Crippen molar-refractivity contribution in [2.24, 2.45) is 23.2 Å². The average molecular weight is 728 g/mol. The largest absolute Gasteiger partial charge is 0.455 e. The van der Waals surface area contributed by atoms with Crippen LogP contribution in [0.4, 0.5) is 10.9 Å². The molecule has 1 amide bonds. The van der Waals surface area contributed by atoms with Gasteiger partial charge in [0.25, 0.3) is 11.5 Å². The Labute approximate surface area is 313 Å². The highest BCUT2D eigenvalue weighted by atomic mass is 32.1. The number of para-hydroxylation sites is 1. The molecule has 1 aliphatic heterocycles. The molecule has 9 nitrogen and oxygen atoms in total. The second-order valence-corrected chi connectivity index (χ2v) is 18.0. The van der Waals surface area contributed by atoms with Crippen LogP contribution in [0.3, 0.4) is 0 Å². The van der Waals surface area contributed by atoms with Crippen molar-refractivity contribution in [3.8, 4) is 11.1 Å². The van der Waals surface area contributed by atoms with Crippen LogP contribution in [-0.4, -0.2) is 38.6 Å². The second-order valence-electron chi connectivity index (χ2n) is 16.9. The van der Waals surface area contributed by atoms with Crippen LogP contribution in [0, 0.1) is 23.2 Å². The predicted octanol–water partition coefficient (Wildman–Crippen LogP) is 8.51. The van der Waals surface area contributed by atoms with E-state index in [1.807, 2.05) is 80.1 Å². The highest BCUT2D eigenvalue weighted by Crippen LogP contribution is 2.60. The van der Waals surface area contributed by atoms with E-state index in [1.54, 1.807) is 12.1 Å². The first-order valence-corrected chi connectivity index (χ1v) is 19.8. The van der Waals surface area contributed by atoms with Crippen molar-refractivity contribution in [3.05, 3.63) is 106 Å². The number of carbonyl (C=O) groups is 2. The van der Waals surface area contributed by atoms with Crippen molar-refractivity contribution in [1.29, 1.82) is 0 Å². The molecule has 4 fully saturated rings. The molecular weight excluding hydrogens is 683 g/mol. The molecule has 1 N–H and O–H groups in total. The Balaban J connectivity index is 1.02. The van der Waals surface area contributed by atoms with Crippen molar-refractivity contribution in [1.82, 2.24) is 14.5 Å². The SMILES string of the molecule is CC(C)(C)OC(=O)c1nc(N2CCc3cccc(C(=O)Nc4nc5ccccc5s4)c3C2)ccc1-c1ccc(=O)n(CC23CC4CC(CC(C4)C2)C3)c1. The summed E-state index contributed by atoms with van der Waals surface area (Å²) in [7, 11) is 0. The summed E-state index contributed by atoms with van der Waals surface area (Å²) in [4.78, 5) is 52.6. The van der Waals surface area contributed by atoms with Gasteiger partial charge < -0.3 is 14.2 Å². The van der Waals surface area contributed by atoms with Gasteiger partial charge in [-0.1, -0.05) is 35.6 Å². The lowest BCUT2D eigenvalue weighted by molar-refractivity contribution is -0.0623. The highest BCUT2D eigenvalue weighted by Gasteiger charge is 2.51. The zero-order valence-electron chi connectivity index (χ0n) is 30.6. The van der Waals surface area contributed by atoms with Gasteiger partial charge in [0.15, 0.2) is 10.8 Å². The van der Waals surface area contributed by atoms with E-state index in [1.165, 1.54) is 49.9 Å². The van der Waals surface area contributed by atoms with Gasteiger partial charge in [-0.15, -0.1) is 0 Å². The molecule has 0 unspecified atom stereocenters. The molecular formula is C43H45N5O4S. The quantitative estimate of drug-likeness (QED) is 0.168. The number of pyridine rings is 2. The van der Waals surface area contributed by atoms with Crippen molar-refractivity contribution < 1.29 is 14.3 Å². The number of rotatable bonds is 7. The molecule has 10 heteroatoms. The molecule has 0 saturated heterocycles. The molecule has 4 aliphatic carbocycles. The highest BCUT2D eigenvalue weighted by molar-refractivity contribution is 7.22. The predicted molar refractivity (Wildman–Crippen MR) is 208 cm³/mol. The van der Waals surface area contributed by atoms with Crippen LogP contribution in [0.25, 0.3) is 21.3 Å². The van der Waals surface area contributed by atoms with Gasteiger partial charge in [0.05, 0.1) is 10.2 Å². The molecule has 4 heterocycles. The van der Waals surface area contributed by atoms with E-state index in [4.69, 9.17) is 9.72 Å². The minimum atomic E-state index is -0.723. The summed E-state index contributed by atoms with van der Waals surface area (Å²) < 4.78 is 8.81. The van der Waals surface area contributed by atoms with Gasteiger partial charge in [-0.05, 0) is 136 Å². The second kappa shape index (κ2) is 12.9. The molecule has 10 rings (SSSR count). The van der Waals surface area contributed by atoms with Crippen molar-refractivity contribution in [3.63, 3.8) is 0 Å². The molecule has 5 aliphatic rings. The van der Waals surface area contributed by atoms with E-state index < -0.39 is 11.6 Å². The van der Waals surface area contributed by atoms with Crippen LogP contribution in [0.15, 0.2) is 77.7 Å². The van der Waals surface area contributed by atoms with Crippen molar-refractivity contribution in [2.45, 2.75) is 84.4 Å². The molecule has 0 radical (unpaired) electrons. The molecule has 272 valence electrons. The van der Waals surface area contributed by atoms with E-state index in [0.717, 1.165) is 57.6 Å². The Kier molecular flexibility index (Phi) is 8.29. The number of esters is 1. The zero-order chi connectivity index (χ0) is 36.5. The minimum absolute atomic E-state index is 0.0112. The topological polar surface area (TPSA) is 106 Å². The van der Waals surface area contributed by atoms with E-state index >= 15 is 0 Å². The van der Waals surface area contributed by atoms with Crippen LogP contribution >= 0.6 is 11.3 Å². The number of nitrogens with zero attached hydrogens (tertiary/aromatic N) is 4. The fraction of sp³-hybridized carbons (Fsp3) is 0.419. The maximum atomic E-state index is 13.9. The Bertz CT molecular complexity index is 2250. The lowest BCUT2D eigenvalue weighted by Gasteiger charge is -2.57. The number of benzene rings is 2. The summed E-state index contributed by atoms with van der Waals surface area (Å²) in [5.74, 6) is 2.29. The number of fused-ring (bicyclic) bond motifs is 2. The molecule has 0 atom stereocenters. The first kappa shape index (κ1) is 34.0. The fourth-order valence-electron chi connectivity index (χ4n) is 10.1. The van der Waals surface area contributed by atoms with Gasteiger partial charge in [0, 0.05) is 48.6 Å². The number of ether oxygens (including phenoxy) is 1. The van der Waals surface area contributed by atoms with E-state index in [-0.39, 0.29) is 22.6 Å². The number of amides is 1. The number of carbonyl (C=O) groups excluding carboxylic acids is 2. The summed E-state index contributed by atoms with van der Waals surface area (Å²) in [5, 5.41) is 3.58. The maximum Gasteiger partial charge on any atom is 0.358 e. The van der Waals surface area contributed by atoms with Gasteiger partial charge in [-0.3, -0.25) is 14.9 Å². The van der Waals surface area contributed by atoms with Crippen LogP contribution in [0.5, 0.6) is 0 Å². The van der Waals surface area contributed by atoms with Gasteiger partial charge >= 0.3 is 5.97 Å². The normalized spacial score (nSPS) is 23.2. The third-order valence-electron chi connectivity index (χ3n) is 11.8. The Morgan fingerprint density at radius 2 is 1.68 bits per heavy atom. The molecule has 4 bridgehead atoms. The van der Waals surface area contributed by atoms with Crippen LogP contribution in [0.2, 0.25) is 0 Å². The number of aromatic nitrogens is 3. The molecule has 5 aromatic rings. The van der Waals surface area contributed by atoms with Crippen molar-refractivity contribution in [2.75, 3.05) is 16.8 Å². The number of anilines is 2. The lowest BCUT2D eigenvalue weighted by Crippen LogP contribution is -2.48. The Morgan fingerprint density at radius 1 is 0.925 bits per heavy atom. The zero-order valence-corrected chi connectivity index (χ0v) is 31.4. The average Bonchev–Trinajstić information content (AvgIpc) is 3.53. The van der Waals surface area contributed by atoms with Crippen molar-refractivity contribution >= 4 is 44.4 Å². The van der Waals surface area contributed by atoms with E-state index in [0.29, 0.717) is 35.2 Å². The summed E-state index contributed by atoms with van der Waals surface area (Å²) in [6, 6.07) is 21.0. The third-order valence-corrected chi connectivity index (χ3v) is 12.7. The van der Waals surface area contributed by atoms with Gasteiger partial charge in [0.2, 0.25) is 0 Å². The summed E-state index contributed by atoms with van der Waals surface area (Å²) >= 11 is 1.45. The van der Waals surface area contributed by atoms with Crippen LogP contribution in [-0.2, 0) is 24.2 Å². The monoisotopic (exact) mass is 727 g/mol. The summed E-state index contributed by atoms with van der Waals surface area (Å²) in [6.07, 6.45) is 10.3. The Morgan fingerprint density at radius 3 is 2.42 bits per heavy atom. The lowest BCUT2D eigenvalue weighted by atomic mass is 9.49. The van der Waals surface area contributed by atoms with Gasteiger partial charge in [-0.2, -0.15) is 0 Å². The van der Waals surface area contributed by atoms with E-state index in [9.17, 15) is 14.4 Å². The number of thiazole rings is 1. The number of hydrogen-bond acceptors (Lipinski definition) is 8. The smallest absolute Gasteiger partial charge is 0.358 e. The van der Waals surface area contributed by atoms with Gasteiger partial charge in [-0.25, -0.2) is 14.8 Å². The van der Waals surface area contributed by atoms with Crippen LogP contribution in [0.1, 0.15) is 91.3 Å². The summed E-state index contributed by atoms with van der Waals surface area (Å²) in [6.45, 7) is 7.40. The molecule has 3 aromatic heterocycles. The van der Waals surface area contributed by atoms with E-state index in [2.05, 4.69) is 21.3 Å². The molecule has 2 aromatic carbocycles. The first-order valence-electron chi connectivity index (χ1n) is 19.0. The molecule has 53 heavy (non-hydrogen) atoms. The summed E-state index contributed by atoms with van der Waals surface area (Å²) in [5.41, 5.74) is 4.56. The maximum absolute atomic E-state index is 13.9. The van der Waals surface area contributed by atoms with Crippen LogP contribution < -0.4 is 15.8 Å².